The Morgan fingerprint density at radius 3 is 2.84 bits per heavy atom. The van der Waals surface area contributed by atoms with Crippen LogP contribution in [-0.2, 0) is 0 Å². The van der Waals surface area contributed by atoms with Gasteiger partial charge in [-0.2, -0.15) is 11.8 Å². The van der Waals surface area contributed by atoms with Crippen molar-refractivity contribution in [3.05, 3.63) is 29.6 Å². The van der Waals surface area contributed by atoms with Gasteiger partial charge in [-0.25, -0.2) is 4.39 Å². The normalized spacial score (nSPS) is 24.4. The predicted octanol–water partition coefficient (Wildman–Crippen LogP) is 3.77. The Morgan fingerprint density at radius 1 is 1.53 bits per heavy atom. The van der Waals surface area contributed by atoms with Crippen LogP contribution in [0.25, 0.3) is 0 Å². The first kappa shape index (κ1) is 14.7. The monoisotopic (exact) mass is 283 g/mol. The molecule has 0 aromatic heterocycles. The molecule has 2 nitrogen and oxygen atoms in total. The molecule has 19 heavy (non-hydrogen) atoms. The van der Waals surface area contributed by atoms with Crippen molar-refractivity contribution in [2.24, 2.45) is 0 Å². The molecule has 0 spiro atoms. The van der Waals surface area contributed by atoms with Crippen LogP contribution in [-0.4, -0.2) is 24.2 Å². The van der Waals surface area contributed by atoms with Crippen molar-refractivity contribution in [2.75, 3.05) is 19.4 Å². The molecule has 0 bridgehead atoms. The van der Waals surface area contributed by atoms with Gasteiger partial charge in [0.1, 0.15) is 0 Å². The summed E-state index contributed by atoms with van der Waals surface area (Å²) in [5.74, 6) is 1.22. The molecule has 0 aliphatic carbocycles. The minimum absolute atomic E-state index is 0.150. The summed E-state index contributed by atoms with van der Waals surface area (Å²) in [7, 11) is 1.49. The quantitative estimate of drug-likeness (QED) is 0.889. The lowest BCUT2D eigenvalue weighted by molar-refractivity contribution is 0.382. The van der Waals surface area contributed by atoms with E-state index in [2.05, 4.69) is 19.2 Å². The number of halogens is 1. The molecule has 1 heterocycles. The van der Waals surface area contributed by atoms with E-state index in [9.17, 15) is 4.39 Å². The van der Waals surface area contributed by atoms with E-state index in [0.717, 1.165) is 12.1 Å². The molecule has 1 aromatic carbocycles. The topological polar surface area (TPSA) is 21.3 Å². The van der Waals surface area contributed by atoms with Gasteiger partial charge < -0.3 is 10.1 Å². The highest BCUT2D eigenvalue weighted by atomic mass is 32.2. The minimum atomic E-state index is -0.283. The van der Waals surface area contributed by atoms with E-state index >= 15 is 0 Å². The Labute approximate surface area is 119 Å². The van der Waals surface area contributed by atoms with Gasteiger partial charge in [0.2, 0.25) is 0 Å². The Morgan fingerprint density at radius 2 is 2.32 bits per heavy atom. The lowest BCUT2D eigenvalue weighted by atomic mass is 9.90. The second-order valence-electron chi connectivity index (χ2n) is 5.15. The maximum absolute atomic E-state index is 13.9. The summed E-state index contributed by atoms with van der Waals surface area (Å²) in [6.45, 7) is 5.25. The minimum Gasteiger partial charge on any atom is -0.494 e. The van der Waals surface area contributed by atoms with Gasteiger partial charge in [-0.1, -0.05) is 13.0 Å². The maximum Gasteiger partial charge on any atom is 0.165 e. The van der Waals surface area contributed by atoms with Crippen LogP contribution < -0.4 is 10.1 Å². The summed E-state index contributed by atoms with van der Waals surface area (Å²) in [5.41, 5.74) is 1.01. The number of benzene rings is 1. The van der Waals surface area contributed by atoms with Crippen molar-refractivity contribution < 1.29 is 9.13 Å². The highest BCUT2D eigenvalue weighted by Gasteiger charge is 2.38. The van der Waals surface area contributed by atoms with Crippen molar-refractivity contribution in [1.29, 1.82) is 0 Å². The van der Waals surface area contributed by atoms with Crippen LogP contribution in [0.4, 0.5) is 4.39 Å². The molecule has 1 fully saturated rings. The smallest absolute Gasteiger partial charge is 0.165 e. The first-order chi connectivity index (χ1) is 9.10. The van der Waals surface area contributed by atoms with Gasteiger partial charge >= 0.3 is 0 Å². The van der Waals surface area contributed by atoms with E-state index in [1.54, 1.807) is 12.1 Å². The van der Waals surface area contributed by atoms with Gasteiger partial charge in [0.15, 0.2) is 11.6 Å². The maximum atomic E-state index is 13.9. The van der Waals surface area contributed by atoms with E-state index in [-0.39, 0.29) is 16.6 Å². The van der Waals surface area contributed by atoms with Crippen LogP contribution in [0.1, 0.15) is 38.3 Å². The molecule has 1 saturated heterocycles. The molecule has 106 valence electrons. The Hall–Kier alpha value is -0.740. The van der Waals surface area contributed by atoms with E-state index in [4.69, 9.17) is 4.74 Å². The summed E-state index contributed by atoms with van der Waals surface area (Å²) in [6, 6.07) is 5.48. The number of ether oxygens (including phenoxy) is 1. The van der Waals surface area contributed by atoms with Gasteiger partial charge in [-0.05, 0) is 49.8 Å². The fraction of sp³-hybridized carbons (Fsp3) is 0.600. The molecule has 1 aliphatic heterocycles. The lowest BCUT2D eigenvalue weighted by Crippen LogP contribution is -2.37. The summed E-state index contributed by atoms with van der Waals surface area (Å²) in [4.78, 5) is 0. The molecule has 2 atom stereocenters. The number of methoxy groups -OCH3 is 1. The zero-order valence-corrected chi connectivity index (χ0v) is 12.6. The van der Waals surface area contributed by atoms with Crippen LogP contribution in [0.2, 0.25) is 0 Å². The number of hydrogen-bond donors (Lipinski definition) is 1. The van der Waals surface area contributed by atoms with Gasteiger partial charge in [-0.3, -0.25) is 0 Å². The van der Waals surface area contributed by atoms with Crippen LogP contribution >= 0.6 is 11.8 Å². The van der Waals surface area contributed by atoms with Crippen LogP contribution in [0.3, 0.4) is 0 Å². The van der Waals surface area contributed by atoms with E-state index in [0.29, 0.717) is 5.75 Å². The third-order valence-electron chi connectivity index (χ3n) is 3.78. The fourth-order valence-electron chi connectivity index (χ4n) is 2.78. The molecule has 0 saturated carbocycles. The molecule has 1 N–H and O–H groups in total. The average Bonchev–Trinajstić information content (AvgIpc) is 2.83. The van der Waals surface area contributed by atoms with Crippen molar-refractivity contribution in [1.82, 2.24) is 5.32 Å². The fourth-order valence-corrected chi connectivity index (χ4v) is 4.21. The largest absolute Gasteiger partial charge is 0.494 e. The summed E-state index contributed by atoms with van der Waals surface area (Å²) in [6.07, 6.45) is 2.41. The molecule has 1 aliphatic rings. The Balaban J connectivity index is 2.30. The second-order valence-corrected chi connectivity index (χ2v) is 6.78. The summed E-state index contributed by atoms with van der Waals surface area (Å²) in [5, 5.41) is 3.52. The standard InChI is InChI=1S/C15H22FNOS/c1-4-17-14(15(2)8-5-9-19-15)11-6-7-13(18-3)12(16)10-11/h6-7,10,14,17H,4-5,8-9H2,1-3H3. The van der Waals surface area contributed by atoms with Crippen LogP contribution in [0.5, 0.6) is 5.75 Å². The number of rotatable bonds is 5. The highest BCUT2D eigenvalue weighted by molar-refractivity contribution is 8.00. The zero-order chi connectivity index (χ0) is 13.9. The predicted molar refractivity (Wildman–Crippen MR) is 79.5 cm³/mol. The van der Waals surface area contributed by atoms with Crippen molar-refractivity contribution in [3.63, 3.8) is 0 Å². The molecule has 0 amide bonds. The van der Waals surface area contributed by atoms with E-state index in [1.165, 1.54) is 25.7 Å². The highest BCUT2D eigenvalue weighted by Crippen LogP contribution is 2.46. The van der Waals surface area contributed by atoms with Gasteiger partial charge in [0.05, 0.1) is 7.11 Å². The Bertz CT molecular complexity index is 432. The molecule has 0 radical (unpaired) electrons. The third kappa shape index (κ3) is 3.06. The Kier molecular flexibility index (Phi) is 4.74. The first-order valence-corrected chi connectivity index (χ1v) is 7.80. The van der Waals surface area contributed by atoms with E-state index < -0.39 is 0 Å². The first-order valence-electron chi connectivity index (χ1n) is 6.81. The van der Waals surface area contributed by atoms with Crippen molar-refractivity contribution in [2.45, 2.75) is 37.5 Å². The van der Waals surface area contributed by atoms with Crippen molar-refractivity contribution >= 4 is 11.8 Å². The molecule has 4 heteroatoms. The zero-order valence-electron chi connectivity index (χ0n) is 11.8. The van der Waals surface area contributed by atoms with Gasteiger partial charge in [0, 0.05) is 10.8 Å². The molecule has 2 unspecified atom stereocenters. The lowest BCUT2D eigenvalue weighted by Gasteiger charge is -2.34. The molecular weight excluding hydrogens is 261 g/mol. The summed E-state index contributed by atoms with van der Waals surface area (Å²) >= 11 is 1.99. The van der Waals surface area contributed by atoms with E-state index in [1.807, 2.05) is 17.8 Å². The third-order valence-corrected chi connectivity index (χ3v) is 5.37. The number of nitrogens with one attached hydrogen (secondary N) is 1. The van der Waals surface area contributed by atoms with Gasteiger partial charge in [-0.15, -0.1) is 0 Å². The van der Waals surface area contributed by atoms with Gasteiger partial charge in [0.25, 0.3) is 0 Å². The number of hydrogen-bond acceptors (Lipinski definition) is 3. The van der Waals surface area contributed by atoms with Crippen LogP contribution in [0, 0.1) is 5.82 Å². The molecule has 1 aromatic rings. The average molecular weight is 283 g/mol. The number of thioether (sulfide) groups is 1. The van der Waals surface area contributed by atoms with Crippen LogP contribution in [0.15, 0.2) is 18.2 Å². The molecular formula is C15H22FNOS. The molecule has 2 rings (SSSR count). The second kappa shape index (κ2) is 6.14. The summed E-state index contributed by atoms with van der Waals surface area (Å²) < 4.78 is 19.0. The SMILES string of the molecule is CCNC(c1ccc(OC)c(F)c1)C1(C)CCCS1. The van der Waals surface area contributed by atoms with Crippen molar-refractivity contribution in [3.8, 4) is 5.75 Å².